The molecule has 0 aliphatic rings. The minimum absolute atomic E-state index is 1.26. The first kappa shape index (κ1) is 20.4. The summed E-state index contributed by atoms with van der Waals surface area (Å²) in [6.07, 6.45) is 0. The molecule has 31 heavy (non-hydrogen) atoms. The molecule has 0 amide bonds. The maximum absolute atomic E-state index is 2.18. The van der Waals surface area contributed by atoms with E-state index in [0.29, 0.717) is 0 Å². The van der Waals surface area contributed by atoms with Gasteiger partial charge in [-0.15, -0.1) is 0 Å². The summed E-state index contributed by atoms with van der Waals surface area (Å²) in [7, 11) is 0. The van der Waals surface area contributed by atoms with E-state index in [1.807, 2.05) is 6.07 Å². The average molecular weight is 399 g/mol. The zero-order valence-electron chi connectivity index (χ0n) is 17.8. The Morgan fingerprint density at radius 1 is 0.290 bits per heavy atom. The van der Waals surface area contributed by atoms with Crippen molar-refractivity contribution in [1.82, 2.24) is 0 Å². The lowest BCUT2D eigenvalue weighted by molar-refractivity contribution is 1.47. The van der Waals surface area contributed by atoms with Gasteiger partial charge in [-0.2, -0.15) is 0 Å². The largest absolute Gasteiger partial charge is 0.0622 e. The monoisotopic (exact) mass is 398 g/mol. The van der Waals surface area contributed by atoms with Gasteiger partial charge in [0.1, 0.15) is 0 Å². The van der Waals surface area contributed by atoms with E-state index in [1.165, 1.54) is 38.9 Å². The van der Waals surface area contributed by atoms with Gasteiger partial charge in [0.05, 0.1) is 0 Å². The summed E-state index contributed by atoms with van der Waals surface area (Å²) >= 11 is 0. The van der Waals surface area contributed by atoms with Crippen LogP contribution in [0.5, 0.6) is 0 Å². The van der Waals surface area contributed by atoms with Crippen LogP contribution in [0, 0.1) is 6.92 Å². The topological polar surface area (TPSA) is 0 Å². The van der Waals surface area contributed by atoms with Gasteiger partial charge in [-0.3, -0.25) is 0 Å². The lowest BCUT2D eigenvalue weighted by atomic mass is 9.95. The van der Waals surface area contributed by atoms with E-state index < -0.39 is 0 Å². The zero-order chi connectivity index (χ0) is 21.3. The van der Waals surface area contributed by atoms with Crippen molar-refractivity contribution in [2.24, 2.45) is 0 Å². The summed E-state index contributed by atoms with van der Waals surface area (Å²) in [6, 6.07) is 48.6. The average Bonchev–Trinajstić information content (AvgIpc) is 2.86. The van der Waals surface area contributed by atoms with Crippen LogP contribution < -0.4 is 0 Å². The molecule has 5 aromatic carbocycles. The highest BCUT2D eigenvalue weighted by atomic mass is 14.1. The lowest BCUT2D eigenvalue weighted by Gasteiger charge is -2.09. The van der Waals surface area contributed by atoms with Gasteiger partial charge in [0.2, 0.25) is 0 Å². The Hall–Kier alpha value is -3.90. The highest BCUT2D eigenvalue weighted by Crippen LogP contribution is 2.31. The maximum Gasteiger partial charge on any atom is -0.0105 e. The highest BCUT2D eigenvalue weighted by molar-refractivity contribution is 5.83. The molecule has 0 unspecified atom stereocenters. The Bertz CT molecular complexity index is 1130. The quantitative estimate of drug-likeness (QED) is 0.285. The first-order valence-corrected chi connectivity index (χ1v) is 10.6. The highest BCUT2D eigenvalue weighted by Gasteiger charge is 2.05. The molecule has 0 heteroatoms. The van der Waals surface area contributed by atoms with Crippen LogP contribution in [0.25, 0.3) is 33.4 Å². The summed E-state index contributed by atoms with van der Waals surface area (Å²) < 4.78 is 0. The molecule has 0 saturated carbocycles. The third-order valence-corrected chi connectivity index (χ3v) is 5.26. The third kappa shape index (κ3) is 5.38. The van der Waals surface area contributed by atoms with Crippen LogP contribution in [-0.4, -0.2) is 0 Å². The van der Waals surface area contributed by atoms with Crippen molar-refractivity contribution in [2.45, 2.75) is 6.92 Å². The number of aryl methyl sites for hydroxylation is 1. The van der Waals surface area contributed by atoms with Gasteiger partial charge in [-0.25, -0.2) is 0 Å². The molecule has 0 bridgehead atoms. The second kappa shape index (κ2) is 10.2. The van der Waals surface area contributed by atoms with Gasteiger partial charge in [0, 0.05) is 0 Å². The molecule has 0 atom stereocenters. The Morgan fingerprint density at radius 2 is 0.613 bits per heavy atom. The van der Waals surface area contributed by atoms with E-state index >= 15 is 0 Å². The van der Waals surface area contributed by atoms with E-state index in [-0.39, 0.29) is 0 Å². The summed E-state index contributed by atoms with van der Waals surface area (Å²) in [5.74, 6) is 0. The lowest BCUT2D eigenvalue weighted by Crippen LogP contribution is -1.83. The van der Waals surface area contributed by atoms with Crippen molar-refractivity contribution in [1.29, 1.82) is 0 Å². The summed E-state index contributed by atoms with van der Waals surface area (Å²) in [4.78, 5) is 0. The van der Waals surface area contributed by atoms with Crippen LogP contribution in [0.3, 0.4) is 0 Å². The van der Waals surface area contributed by atoms with Gasteiger partial charge in [-0.05, 0) is 40.3 Å². The van der Waals surface area contributed by atoms with Crippen LogP contribution in [0.2, 0.25) is 0 Å². The first-order valence-electron chi connectivity index (χ1n) is 10.6. The minimum Gasteiger partial charge on any atom is -0.0622 e. The van der Waals surface area contributed by atoms with Crippen LogP contribution in [-0.2, 0) is 0 Å². The molecule has 0 aliphatic carbocycles. The molecule has 5 rings (SSSR count). The summed E-state index contributed by atoms with van der Waals surface area (Å²) in [6.45, 7) is 2.11. The number of rotatable bonds is 3. The molecule has 0 spiro atoms. The molecule has 0 aromatic heterocycles. The second-order valence-electron chi connectivity index (χ2n) is 7.51. The number of benzene rings is 5. The van der Waals surface area contributed by atoms with E-state index in [9.17, 15) is 0 Å². The third-order valence-electron chi connectivity index (χ3n) is 5.26. The smallest absolute Gasteiger partial charge is 0.0105 e. The molecule has 0 radical (unpaired) electrons. The first-order chi connectivity index (χ1) is 15.3. The van der Waals surface area contributed by atoms with E-state index in [2.05, 4.69) is 140 Å². The molecular formula is C31H26. The molecule has 150 valence electrons. The van der Waals surface area contributed by atoms with Gasteiger partial charge >= 0.3 is 0 Å². The number of hydrogen-bond acceptors (Lipinski definition) is 0. The molecular weight excluding hydrogens is 372 g/mol. The van der Waals surface area contributed by atoms with Gasteiger partial charge < -0.3 is 0 Å². The molecule has 0 fully saturated rings. The summed E-state index contributed by atoms with van der Waals surface area (Å²) in [5, 5.41) is 0. The predicted octanol–water partition coefficient (Wildman–Crippen LogP) is 8.68. The molecule has 5 aromatic rings. The van der Waals surface area contributed by atoms with Crippen molar-refractivity contribution in [2.75, 3.05) is 0 Å². The Balaban J connectivity index is 0.000000158. The van der Waals surface area contributed by atoms with Gasteiger partial charge in [-0.1, -0.05) is 145 Å². The van der Waals surface area contributed by atoms with Crippen molar-refractivity contribution in [3.63, 3.8) is 0 Å². The fraction of sp³-hybridized carbons (Fsp3) is 0.0323. The van der Waals surface area contributed by atoms with Crippen molar-refractivity contribution < 1.29 is 0 Å². The molecule has 0 nitrogen and oxygen atoms in total. The SMILES string of the molecule is Cc1ccc(-c2ccccc2)cc1.c1ccc(-c2ccccc2-c2ccccc2)cc1. The predicted molar refractivity (Wildman–Crippen MR) is 134 cm³/mol. The Kier molecular flexibility index (Phi) is 6.72. The van der Waals surface area contributed by atoms with Crippen LogP contribution in [0.15, 0.2) is 140 Å². The van der Waals surface area contributed by atoms with Crippen LogP contribution >= 0.6 is 0 Å². The van der Waals surface area contributed by atoms with Crippen molar-refractivity contribution in [3.8, 4) is 33.4 Å². The van der Waals surface area contributed by atoms with Crippen molar-refractivity contribution >= 4 is 0 Å². The van der Waals surface area contributed by atoms with Crippen molar-refractivity contribution in [3.05, 3.63) is 145 Å². The standard InChI is InChI=1S/C18H14.C13H12/c1-3-9-15(10-4-1)17-13-7-8-14-18(17)16-11-5-2-6-12-16;1-11-7-9-13(10-8-11)12-5-3-2-4-6-12/h1-14H;2-10H,1H3. The fourth-order valence-electron chi connectivity index (χ4n) is 3.60. The fourth-order valence-corrected chi connectivity index (χ4v) is 3.60. The number of hydrogen-bond donors (Lipinski definition) is 0. The van der Waals surface area contributed by atoms with E-state index in [1.54, 1.807) is 0 Å². The van der Waals surface area contributed by atoms with E-state index in [4.69, 9.17) is 0 Å². The second-order valence-corrected chi connectivity index (χ2v) is 7.51. The maximum atomic E-state index is 2.18. The molecule has 0 heterocycles. The molecule has 0 N–H and O–H groups in total. The molecule has 0 aliphatic heterocycles. The van der Waals surface area contributed by atoms with E-state index in [0.717, 1.165) is 0 Å². The van der Waals surface area contributed by atoms with Gasteiger partial charge in [0.25, 0.3) is 0 Å². The Labute approximate surface area is 185 Å². The summed E-state index contributed by atoms with van der Waals surface area (Å²) in [5.41, 5.74) is 8.95. The van der Waals surface area contributed by atoms with Crippen LogP contribution in [0.4, 0.5) is 0 Å². The normalized spacial score (nSPS) is 10.1. The molecule has 0 saturated heterocycles. The Morgan fingerprint density at radius 3 is 1.03 bits per heavy atom. The van der Waals surface area contributed by atoms with Crippen LogP contribution in [0.1, 0.15) is 5.56 Å². The zero-order valence-corrected chi connectivity index (χ0v) is 17.8. The van der Waals surface area contributed by atoms with Gasteiger partial charge in [0.15, 0.2) is 0 Å². The minimum atomic E-state index is 1.26.